The smallest absolute Gasteiger partial charge is 0.337 e. The Morgan fingerprint density at radius 3 is 2.40 bits per heavy atom. The summed E-state index contributed by atoms with van der Waals surface area (Å²) < 4.78 is 5.68. The summed E-state index contributed by atoms with van der Waals surface area (Å²) in [6, 6.07) is 15.2. The Morgan fingerprint density at radius 2 is 1.80 bits per heavy atom. The van der Waals surface area contributed by atoms with Gasteiger partial charge in [-0.3, -0.25) is 4.79 Å². The summed E-state index contributed by atoms with van der Waals surface area (Å²) in [7, 11) is 0. The lowest BCUT2D eigenvalue weighted by molar-refractivity contribution is -0.112. The van der Waals surface area contributed by atoms with E-state index in [1.54, 1.807) is 18.2 Å². The van der Waals surface area contributed by atoms with Crippen molar-refractivity contribution in [2.75, 3.05) is 5.32 Å². The first kappa shape index (κ1) is 20.9. The van der Waals surface area contributed by atoms with Gasteiger partial charge in [0.15, 0.2) is 0 Å². The molecule has 2 N–H and O–H groups in total. The Labute approximate surface area is 178 Å². The van der Waals surface area contributed by atoms with Crippen molar-refractivity contribution < 1.29 is 19.1 Å². The van der Waals surface area contributed by atoms with Crippen LogP contribution in [0.4, 0.5) is 5.69 Å². The number of carboxylic acids is 1. The molecule has 6 nitrogen and oxygen atoms in total. The molecule has 0 aliphatic heterocycles. The van der Waals surface area contributed by atoms with Gasteiger partial charge < -0.3 is 14.8 Å². The molecule has 1 amide bonds. The van der Waals surface area contributed by atoms with E-state index in [2.05, 4.69) is 5.32 Å². The molecule has 0 aliphatic rings. The molecule has 3 aromatic rings. The Morgan fingerprint density at radius 1 is 1.10 bits per heavy atom. The fourth-order valence-corrected chi connectivity index (χ4v) is 3.22. The highest BCUT2D eigenvalue weighted by Crippen LogP contribution is 2.28. The molecule has 0 atom stereocenters. The Kier molecular flexibility index (Phi) is 6.05. The lowest BCUT2D eigenvalue weighted by Crippen LogP contribution is -2.13. The van der Waals surface area contributed by atoms with Crippen LogP contribution in [0.5, 0.6) is 0 Å². The first-order valence-electron chi connectivity index (χ1n) is 8.91. The minimum atomic E-state index is -1.12. The van der Waals surface area contributed by atoms with Gasteiger partial charge in [0.25, 0.3) is 5.91 Å². The van der Waals surface area contributed by atoms with Gasteiger partial charge in [-0.1, -0.05) is 23.7 Å². The summed E-state index contributed by atoms with van der Waals surface area (Å²) in [5.74, 6) is -0.944. The summed E-state index contributed by atoms with van der Waals surface area (Å²) in [4.78, 5) is 23.6. The number of rotatable bonds is 5. The van der Waals surface area contributed by atoms with Crippen molar-refractivity contribution in [3.8, 4) is 17.4 Å². The first-order chi connectivity index (χ1) is 14.3. The number of furan rings is 1. The number of nitrogens with zero attached hydrogens (tertiary/aromatic N) is 1. The molecule has 7 heteroatoms. The third kappa shape index (κ3) is 4.77. The number of carboxylic acid groups (broad SMARTS) is 1. The van der Waals surface area contributed by atoms with Gasteiger partial charge in [0, 0.05) is 17.3 Å². The highest BCUT2D eigenvalue weighted by Gasteiger charge is 2.14. The number of amides is 1. The molecule has 0 unspecified atom stereocenters. The topological polar surface area (TPSA) is 103 Å². The zero-order chi connectivity index (χ0) is 21.8. The maximum atomic E-state index is 12.5. The van der Waals surface area contributed by atoms with E-state index in [0.29, 0.717) is 22.8 Å². The first-order valence-corrected chi connectivity index (χ1v) is 9.29. The van der Waals surface area contributed by atoms with Gasteiger partial charge in [0.2, 0.25) is 0 Å². The molecular weight excluding hydrogens is 404 g/mol. The summed E-state index contributed by atoms with van der Waals surface area (Å²) in [6.45, 7) is 3.84. The average Bonchev–Trinajstić information content (AvgIpc) is 3.13. The number of nitrogens with one attached hydrogen (secondary N) is 1. The molecule has 1 aromatic heterocycles. The van der Waals surface area contributed by atoms with E-state index < -0.39 is 11.9 Å². The van der Waals surface area contributed by atoms with Crippen LogP contribution in [0.1, 0.15) is 27.2 Å². The average molecular weight is 421 g/mol. The zero-order valence-corrected chi connectivity index (χ0v) is 16.9. The number of anilines is 1. The molecule has 0 bridgehead atoms. The van der Waals surface area contributed by atoms with Gasteiger partial charge in [-0.05, 0) is 61.4 Å². The monoisotopic (exact) mass is 420 g/mol. The fourth-order valence-electron chi connectivity index (χ4n) is 2.96. The van der Waals surface area contributed by atoms with Crippen LogP contribution in [-0.2, 0) is 4.79 Å². The second kappa shape index (κ2) is 8.68. The third-order valence-electron chi connectivity index (χ3n) is 4.24. The second-order valence-corrected chi connectivity index (χ2v) is 7.11. The largest absolute Gasteiger partial charge is 0.478 e. The molecular formula is C23H17ClN2O4. The van der Waals surface area contributed by atoms with E-state index >= 15 is 0 Å². The molecule has 0 fully saturated rings. The van der Waals surface area contributed by atoms with Crippen LogP contribution in [0.2, 0.25) is 5.02 Å². The van der Waals surface area contributed by atoms with Gasteiger partial charge in [0.1, 0.15) is 23.2 Å². The maximum absolute atomic E-state index is 12.5. The van der Waals surface area contributed by atoms with Crippen molar-refractivity contribution >= 4 is 35.2 Å². The molecule has 0 spiro atoms. The van der Waals surface area contributed by atoms with E-state index in [1.807, 2.05) is 38.1 Å². The molecule has 3 rings (SSSR count). The van der Waals surface area contributed by atoms with Crippen LogP contribution < -0.4 is 5.32 Å². The quantitative estimate of drug-likeness (QED) is 0.421. The van der Waals surface area contributed by atoms with Gasteiger partial charge in [-0.2, -0.15) is 5.26 Å². The minimum absolute atomic E-state index is 0.0121. The van der Waals surface area contributed by atoms with E-state index in [9.17, 15) is 14.9 Å². The second-order valence-electron chi connectivity index (χ2n) is 6.70. The van der Waals surface area contributed by atoms with Crippen molar-refractivity contribution in [2.24, 2.45) is 0 Å². The van der Waals surface area contributed by atoms with Crippen molar-refractivity contribution in [1.82, 2.24) is 0 Å². The third-order valence-corrected chi connectivity index (χ3v) is 4.55. The number of carbonyl (C=O) groups is 2. The summed E-state index contributed by atoms with van der Waals surface area (Å²) in [6.07, 6.45) is 1.34. The van der Waals surface area contributed by atoms with Gasteiger partial charge >= 0.3 is 5.97 Å². The highest BCUT2D eigenvalue weighted by atomic mass is 35.5. The predicted octanol–water partition coefficient (Wildman–Crippen LogP) is 5.46. The van der Waals surface area contributed by atoms with Crippen LogP contribution in [-0.4, -0.2) is 17.0 Å². The summed E-state index contributed by atoms with van der Waals surface area (Å²) >= 11 is 6.00. The van der Waals surface area contributed by atoms with Crippen molar-refractivity contribution in [3.05, 3.63) is 81.6 Å². The van der Waals surface area contributed by atoms with E-state index in [4.69, 9.17) is 21.1 Å². The summed E-state index contributed by atoms with van der Waals surface area (Å²) in [5.41, 5.74) is 3.04. The van der Waals surface area contributed by atoms with Crippen molar-refractivity contribution in [1.29, 1.82) is 5.26 Å². The van der Waals surface area contributed by atoms with Crippen LogP contribution in [0.25, 0.3) is 17.4 Å². The normalized spacial score (nSPS) is 11.1. The SMILES string of the molecule is Cc1cc(C)cc(NC(=O)/C(C#N)=C\c2ccc(-c3ccc(C(=O)O)c(Cl)c3)o2)c1. The molecule has 2 aromatic carbocycles. The van der Waals surface area contributed by atoms with E-state index in [1.165, 1.54) is 18.2 Å². The number of aryl methyl sites for hydroxylation is 2. The van der Waals surface area contributed by atoms with E-state index in [-0.39, 0.29) is 16.2 Å². The van der Waals surface area contributed by atoms with Crippen LogP contribution >= 0.6 is 11.6 Å². The molecule has 1 heterocycles. The molecule has 0 aliphatic carbocycles. The van der Waals surface area contributed by atoms with Crippen LogP contribution in [0, 0.1) is 25.2 Å². The number of nitriles is 1. The highest BCUT2D eigenvalue weighted by molar-refractivity contribution is 6.33. The minimum Gasteiger partial charge on any atom is -0.478 e. The zero-order valence-electron chi connectivity index (χ0n) is 16.2. The van der Waals surface area contributed by atoms with Gasteiger partial charge in [-0.15, -0.1) is 0 Å². The van der Waals surface area contributed by atoms with Crippen LogP contribution in [0.3, 0.4) is 0 Å². The van der Waals surface area contributed by atoms with Crippen molar-refractivity contribution in [2.45, 2.75) is 13.8 Å². The number of hydrogen-bond acceptors (Lipinski definition) is 4. The number of halogens is 1. The number of aromatic carboxylic acids is 1. The van der Waals surface area contributed by atoms with E-state index in [0.717, 1.165) is 11.1 Å². The van der Waals surface area contributed by atoms with Gasteiger partial charge in [-0.25, -0.2) is 4.79 Å². The Bertz CT molecular complexity index is 1200. The molecule has 0 saturated heterocycles. The lowest BCUT2D eigenvalue weighted by Gasteiger charge is -2.06. The number of hydrogen-bond donors (Lipinski definition) is 2. The maximum Gasteiger partial charge on any atom is 0.337 e. The predicted molar refractivity (Wildman–Crippen MR) is 114 cm³/mol. The van der Waals surface area contributed by atoms with Gasteiger partial charge in [0.05, 0.1) is 10.6 Å². The molecule has 0 saturated carbocycles. The molecule has 0 radical (unpaired) electrons. The Balaban J connectivity index is 1.83. The Hall–Kier alpha value is -3.82. The standard InChI is InChI=1S/C23H17ClN2O4/c1-13-7-14(2)9-17(8-13)26-22(27)16(12-25)10-18-4-6-21(30-18)15-3-5-19(23(28)29)20(24)11-15/h3-11H,1-2H3,(H,26,27)(H,28,29)/b16-10-. The summed E-state index contributed by atoms with van der Waals surface area (Å²) in [5, 5.41) is 21.3. The number of benzene rings is 2. The molecule has 150 valence electrons. The molecule has 30 heavy (non-hydrogen) atoms. The van der Waals surface area contributed by atoms with Crippen LogP contribution in [0.15, 0.2) is 58.5 Å². The number of carbonyl (C=O) groups excluding carboxylic acids is 1. The fraction of sp³-hybridized carbons (Fsp3) is 0.0870. The lowest BCUT2D eigenvalue weighted by atomic mass is 10.1. The van der Waals surface area contributed by atoms with Crippen molar-refractivity contribution in [3.63, 3.8) is 0 Å².